The average Bonchev–Trinajstić information content (AvgIpc) is 3.52. The molecule has 0 aliphatic carbocycles. The fourth-order valence-corrected chi connectivity index (χ4v) is 8.65. The largest absolute Gasteiger partial charge is 0.493 e. The van der Waals surface area contributed by atoms with Crippen molar-refractivity contribution in [3.8, 4) is 11.5 Å². The number of benzene rings is 2. The molecule has 0 bridgehead atoms. The molecule has 0 saturated carbocycles. The lowest BCUT2D eigenvalue weighted by Crippen LogP contribution is -2.51. The molecular weight excluding hydrogens is 723 g/mol. The van der Waals surface area contributed by atoms with E-state index in [0.29, 0.717) is 16.4 Å². The van der Waals surface area contributed by atoms with E-state index in [1.165, 1.54) is 36.5 Å². The monoisotopic (exact) mass is 769 g/mol. The zero-order valence-corrected chi connectivity index (χ0v) is 33.3. The number of carbonyl (C=O) groups excluding carboxylic acids is 1. The number of ether oxygens (including phenoxy) is 2. The third kappa shape index (κ3) is 9.76. The number of carbonyl (C=O) groups is 1. The molecule has 0 radical (unpaired) electrons. The van der Waals surface area contributed by atoms with Gasteiger partial charge in [-0.25, -0.2) is 30.2 Å². The van der Waals surface area contributed by atoms with Crippen molar-refractivity contribution in [2.24, 2.45) is 10.8 Å². The van der Waals surface area contributed by atoms with E-state index < -0.39 is 41.5 Å². The summed E-state index contributed by atoms with van der Waals surface area (Å²) in [7, 11) is -10.9. The number of hydrogen-bond acceptors (Lipinski definition) is 12. The molecule has 1 aromatic heterocycles. The average molecular weight is 770 g/mol. The van der Waals surface area contributed by atoms with Crippen molar-refractivity contribution in [2.45, 2.75) is 68.5 Å². The topological polar surface area (TPSA) is 157 Å². The molecule has 4 rings (SSSR count). The Labute approximate surface area is 300 Å². The highest BCUT2D eigenvalue weighted by Crippen LogP contribution is 2.39. The van der Waals surface area contributed by atoms with E-state index in [1.807, 2.05) is 46.4 Å². The molecule has 276 valence electrons. The molecule has 0 spiro atoms. The molecule has 0 N–H and O–H groups in total. The molecule has 1 fully saturated rings. The molecule has 50 heavy (non-hydrogen) atoms. The van der Waals surface area contributed by atoms with Gasteiger partial charge in [-0.1, -0.05) is 59.8 Å². The molecule has 2 aromatic carbocycles. The second-order valence-electron chi connectivity index (χ2n) is 14.9. The van der Waals surface area contributed by atoms with Crippen molar-refractivity contribution < 1.29 is 39.5 Å². The highest BCUT2D eigenvalue weighted by Gasteiger charge is 2.37. The third-order valence-electron chi connectivity index (χ3n) is 7.77. The van der Waals surface area contributed by atoms with Gasteiger partial charge in [-0.05, 0) is 47.2 Å². The summed E-state index contributed by atoms with van der Waals surface area (Å²) in [6.45, 7) is 14.4. The fourth-order valence-electron chi connectivity index (χ4n) is 5.07. The van der Waals surface area contributed by atoms with Crippen LogP contribution in [-0.2, 0) is 29.5 Å². The minimum absolute atomic E-state index is 0.0268. The maximum atomic E-state index is 14.7. The first-order chi connectivity index (χ1) is 22.9. The number of anilines is 1. The second-order valence-corrected chi connectivity index (χ2v) is 22.5. The summed E-state index contributed by atoms with van der Waals surface area (Å²) in [5.74, 6) is -0.0243. The number of sulfone groups is 3. The maximum Gasteiger partial charge on any atom is 0.258 e. The summed E-state index contributed by atoms with van der Waals surface area (Å²) in [6.07, 6.45) is 3.48. The van der Waals surface area contributed by atoms with Crippen molar-refractivity contribution in [1.82, 2.24) is 9.88 Å². The van der Waals surface area contributed by atoms with Crippen LogP contribution in [0.4, 0.5) is 5.13 Å². The Morgan fingerprint density at radius 3 is 1.92 bits per heavy atom. The van der Waals surface area contributed by atoms with Crippen molar-refractivity contribution in [3.05, 3.63) is 53.7 Å². The lowest BCUT2D eigenvalue weighted by Gasteiger charge is -2.42. The number of piperazine rings is 1. The molecule has 1 unspecified atom stereocenters. The van der Waals surface area contributed by atoms with Gasteiger partial charge >= 0.3 is 0 Å². The number of hydrogen-bond donors (Lipinski definition) is 0. The first-order valence-electron chi connectivity index (χ1n) is 16.1. The minimum atomic E-state index is -3.70. The van der Waals surface area contributed by atoms with Crippen LogP contribution in [0.1, 0.15) is 70.4 Å². The van der Waals surface area contributed by atoms with E-state index in [9.17, 15) is 30.0 Å². The summed E-state index contributed by atoms with van der Waals surface area (Å²) in [6, 6.07) is 7.90. The van der Waals surface area contributed by atoms with Crippen LogP contribution < -0.4 is 14.4 Å². The SMILES string of the molecule is CCS(=O)(=O)c1cnc(N2CCN(C(=O)c3cc(S(C)(=O)=O)ccc3OCC(C)(C)C)C(c3cc(S(C)(=O)=O)ccc3OCC(C)(C)C)C2)s1. The Hall–Kier alpha value is -3.21. The van der Waals surface area contributed by atoms with Crippen molar-refractivity contribution in [3.63, 3.8) is 0 Å². The molecule has 1 aliphatic heterocycles. The van der Waals surface area contributed by atoms with Crippen LogP contribution in [0.5, 0.6) is 11.5 Å². The van der Waals surface area contributed by atoms with Gasteiger partial charge in [0.05, 0.1) is 46.6 Å². The summed E-state index contributed by atoms with van der Waals surface area (Å²) in [4.78, 5) is 22.5. The molecule has 12 nitrogen and oxygen atoms in total. The van der Waals surface area contributed by atoms with Gasteiger partial charge < -0.3 is 19.3 Å². The van der Waals surface area contributed by atoms with E-state index in [0.717, 1.165) is 23.8 Å². The summed E-state index contributed by atoms with van der Waals surface area (Å²) >= 11 is 1.02. The number of amides is 1. The summed E-state index contributed by atoms with van der Waals surface area (Å²) in [5, 5.41) is 0.429. The maximum absolute atomic E-state index is 14.7. The van der Waals surface area contributed by atoms with Gasteiger partial charge in [-0.2, -0.15) is 0 Å². The van der Waals surface area contributed by atoms with E-state index in [4.69, 9.17) is 9.47 Å². The lowest BCUT2D eigenvalue weighted by atomic mass is 9.97. The van der Waals surface area contributed by atoms with Crippen molar-refractivity contribution in [1.29, 1.82) is 0 Å². The van der Waals surface area contributed by atoms with E-state index in [2.05, 4.69) is 4.98 Å². The molecular formula is C34H47N3O9S4. The summed E-state index contributed by atoms with van der Waals surface area (Å²) in [5.41, 5.74) is -0.0659. The molecule has 1 amide bonds. The number of nitrogens with zero attached hydrogens (tertiary/aromatic N) is 3. The summed E-state index contributed by atoms with van der Waals surface area (Å²) < 4.78 is 88.6. The van der Waals surface area contributed by atoms with Crippen molar-refractivity contribution in [2.75, 3.05) is 56.0 Å². The first kappa shape index (κ1) is 39.6. The highest BCUT2D eigenvalue weighted by molar-refractivity contribution is 7.93. The van der Waals surface area contributed by atoms with Gasteiger partial charge in [0.2, 0.25) is 0 Å². The van der Waals surface area contributed by atoms with Gasteiger partial charge in [0, 0.05) is 37.7 Å². The van der Waals surface area contributed by atoms with Crippen LogP contribution in [0.2, 0.25) is 0 Å². The predicted octanol–water partition coefficient (Wildman–Crippen LogP) is 5.30. The quantitative estimate of drug-likeness (QED) is 0.249. The van der Waals surface area contributed by atoms with Gasteiger partial charge in [-0.3, -0.25) is 4.79 Å². The molecule has 1 atom stereocenters. The first-order valence-corrected chi connectivity index (χ1v) is 22.3. The van der Waals surface area contributed by atoms with E-state index in [-0.39, 0.29) is 74.7 Å². The minimum Gasteiger partial charge on any atom is -0.493 e. The molecule has 3 aromatic rings. The number of aromatic nitrogens is 1. The zero-order chi connectivity index (χ0) is 37.4. The fraction of sp³-hybridized carbons (Fsp3) is 0.529. The molecule has 2 heterocycles. The lowest BCUT2D eigenvalue weighted by molar-refractivity contribution is 0.0642. The van der Waals surface area contributed by atoms with E-state index in [1.54, 1.807) is 17.9 Å². The highest BCUT2D eigenvalue weighted by atomic mass is 32.2. The van der Waals surface area contributed by atoms with E-state index >= 15 is 0 Å². The third-order valence-corrected chi connectivity index (χ3v) is 13.3. The Bertz CT molecular complexity index is 2060. The Balaban J connectivity index is 1.90. The van der Waals surface area contributed by atoms with Gasteiger partial charge in [0.1, 0.15) is 15.7 Å². The smallest absolute Gasteiger partial charge is 0.258 e. The van der Waals surface area contributed by atoms with Crippen LogP contribution in [-0.4, -0.2) is 92.2 Å². The van der Waals surface area contributed by atoms with Crippen LogP contribution >= 0.6 is 11.3 Å². The number of thiazole rings is 1. The number of rotatable bonds is 11. The van der Waals surface area contributed by atoms with Crippen molar-refractivity contribution >= 4 is 51.9 Å². The Morgan fingerprint density at radius 1 is 0.840 bits per heavy atom. The van der Waals surface area contributed by atoms with Crippen LogP contribution in [0, 0.1) is 10.8 Å². The van der Waals surface area contributed by atoms with Crippen LogP contribution in [0.3, 0.4) is 0 Å². The Morgan fingerprint density at radius 2 is 1.38 bits per heavy atom. The van der Waals surface area contributed by atoms with Gasteiger partial charge in [0.15, 0.2) is 34.6 Å². The standard InChI is InChI=1S/C34H47N3O9S4/c1-10-50(43,44)30-19-35-32(47-30)36-15-16-37(31(38)26-18-24(49(9,41)42)12-14-29(26)46-22-34(5,6)7)27(20-36)25-17-23(48(8,39)40)11-13-28(25)45-21-33(2,3)4/h11-14,17-19,27H,10,15-16,20-22H2,1-9H3. The predicted molar refractivity (Wildman–Crippen MR) is 195 cm³/mol. The van der Waals surface area contributed by atoms with Crippen LogP contribution in [0.25, 0.3) is 0 Å². The normalized spacial score (nSPS) is 16.4. The van der Waals surface area contributed by atoms with Crippen LogP contribution in [0.15, 0.2) is 56.6 Å². The molecule has 1 saturated heterocycles. The molecule has 16 heteroatoms. The zero-order valence-electron chi connectivity index (χ0n) is 30.0. The van der Waals surface area contributed by atoms with Gasteiger partial charge in [-0.15, -0.1) is 0 Å². The second kappa shape index (κ2) is 14.4. The molecule has 1 aliphatic rings. The Kier molecular flexibility index (Phi) is 11.4. The van der Waals surface area contributed by atoms with Gasteiger partial charge in [0.25, 0.3) is 5.91 Å².